The van der Waals surface area contributed by atoms with Crippen molar-refractivity contribution in [2.24, 2.45) is 0 Å². The highest BCUT2D eigenvalue weighted by molar-refractivity contribution is 7.99. The summed E-state index contributed by atoms with van der Waals surface area (Å²) in [6.07, 6.45) is -0.863. The number of benzene rings is 1. The summed E-state index contributed by atoms with van der Waals surface area (Å²) in [6.45, 7) is 1.91. The van der Waals surface area contributed by atoms with E-state index in [-0.39, 0.29) is 5.75 Å². The van der Waals surface area contributed by atoms with E-state index < -0.39 is 18.6 Å². The molecule has 1 fully saturated rings. The lowest BCUT2D eigenvalue weighted by molar-refractivity contribution is -0.136. The van der Waals surface area contributed by atoms with Crippen LogP contribution in [0.5, 0.6) is 0 Å². The number of halogens is 3. The van der Waals surface area contributed by atoms with Crippen LogP contribution in [0.4, 0.5) is 13.2 Å². The SMILES string of the molecule is O=C(CSc1nnc(CN2CCCCC2)n1Cc1ccccc1)NCC(F)(F)F. The maximum Gasteiger partial charge on any atom is 0.405 e. The third-order valence-electron chi connectivity index (χ3n) is 4.61. The maximum atomic E-state index is 12.3. The molecule has 6 nitrogen and oxygen atoms in total. The fourth-order valence-electron chi connectivity index (χ4n) is 3.16. The Balaban J connectivity index is 1.69. The minimum absolute atomic E-state index is 0.146. The molecule has 1 aliphatic heterocycles. The number of hydrogen-bond donors (Lipinski definition) is 1. The lowest BCUT2D eigenvalue weighted by Gasteiger charge is -2.26. The average Bonchev–Trinajstić information content (AvgIpc) is 3.07. The number of nitrogens with one attached hydrogen (secondary N) is 1. The van der Waals surface area contributed by atoms with Crippen LogP contribution in [0, 0.1) is 0 Å². The fraction of sp³-hybridized carbons (Fsp3) is 0.526. The average molecular weight is 427 g/mol. The fourth-order valence-corrected chi connectivity index (χ4v) is 3.95. The van der Waals surface area contributed by atoms with Gasteiger partial charge in [0.2, 0.25) is 5.91 Å². The number of nitrogens with zero attached hydrogens (tertiary/aromatic N) is 4. The molecule has 1 aliphatic rings. The van der Waals surface area contributed by atoms with Gasteiger partial charge >= 0.3 is 6.18 Å². The zero-order valence-corrected chi connectivity index (χ0v) is 16.8. The molecular formula is C19H24F3N5OS. The summed E-state index contributed by atoms with van der Waals surface area (Å²) in [7, 11) is 0. The van der Waals surface area contributed by atoms with E-state index in [0.29, 0.717) is 18.2 Å². The van der Waals surface area contributed by atoms with Gasteiger partial charge in [0.25, 0.3) is 0 Å². The number of rotatable bonds is 8. The normalized spacial score (nSPS) is 15.4. The Morgan fingerprint density at radius 2 is 1.79 bits per heavy atom. The molecule has 0 spiro atoms. The quantitative estimate of drug-likeness (QED) is 0.656. The van der Waals surface area contributed by atoms with Crippen molar-refractivity contribution in [3.05, 3.63) is 41.7 Å². The molecular weight excluding hydrogens is 403 g/mol. The molecule has 1 saturated heterocycles. The van der Waals surface area contributed by atoms with Gasteiger partial charge < -0.3 is 9.88 Å². The molecule has 0 radical (unpaired) electrons. The maximum absolute atomic E-state index is 12.3. The van der Waals surface area contributed by atoms with Gasteiger partial charge in [-0.2, -0.15) is 13.2 Å². The van der Waals surface area contributed by atoms with E-state index in [1.807, 2.05) is 40.2 Å². The molecule has 2 heterocycles. The molecule has 29 heavy (non-hydrogen) atoms. The Morgan fingerprint density at radius 3 is 2.48 bits per heavy atom. The summed E-state index contributed by atoms with van der Waals surface area (Å²) in [4.78, 5) is 14.1. The minimum atomic E-state index is -4.42. The van der Waals surface area contributed by atoms with Crippen LogP contribution in [0.25, 0.3) is 0 Å². The molecule has 3 rings (SSSR count). The van der Waals surface area contributed by atoms with E-state index in [0.717, 1.165) is 49.1 Å². The van der Waals surface area contributed by atoms with Gasteiger partial charge in [0.1, 0.15) is 12.4 Å². The Morgan fingerprint density at radius 1 is 1.07 bits per heavy atom. The smallest absolute Gasteiger partial charge is 0.346 e. The Hall–Kier alpha value is -2.07. The van der Waals surface area contributed by atoms with Crippen LogP contribution in [0.3, 0.4) is 0 Å². The second kappa shape index (κ2) is 10.1. The van der Waals surface area contributed by atoms with Crippen LogP contribution in [0.1, 0.15) is 30.7 Å². The largest absolute Gasteiger partial charge is 0.405 e. The highest BCUT2D eigenvalue weighted by atomic mass is 32.2. The molecule has 1 aromatic heterocycles. The Kier molecular flexibility index (Phi) is 7.54. The van der Waals surface area contributed by atoms with Crippen LogP contribution in [0.2, 0.25) is 0 Å². The number of likely N-dealkylation sites (tertiary alicyclic amines) is 1. The van der Waals surface area contributed by atoms with Gasteiger partial charge in [-0.15, -0.1) is 10.2 Å². The monoisotopic (exact) mass is 427 g/mol. The van der Waals surface area contributed by atoms with Crippen molar-refractivity contribution < 1.29 is 18.0 Å². The third kappa shape index (κ3) is 7.04. The van der Waals surface area contributed by atoms with Gasteiger partial charge in [-0.05, 0) is 31.5 Å². The van der Waals surface area contributed by atoms with Gasteiger partial charge in [-0.1, -0.05) is 48.5 Å². The van der Waals surface area contributed by atoms with E-state index in [1.54, 1.807) is 0 Å². The number of alkyl halides is 3. The standard InChI is InChI=1S/C19H24F3N5OS/c20-19(21,22)14-23-17(28)13-29-18-25-24-16(12-26-9-5-2-6-10-26)27(18)11-15-7-3-1-4-8-15/h1,3-4,7-8H,2,5-6,9-14H2,(H,23,28). The van der Waals surface area contributed by atoms with Crippen molar-refractivity contribution in [2.45, 2.75) is 43.7 Å². The molecule has 0 saturated carbocycles. The second-order valence-electron chi connectivity index (χ2n) is 6.99. The van der Waals surface area contributed by atoms with Crippen molar-refractivity contribution >= 4 is 17.7 Å². The summed E-state index contributed by atoms with van der Waals surface area (Å²) >= 11 is 1.10. The van der Waals surface area contributed by atoms with Crippen LogP contribution in [0.15, 0.2) is 35.5 Å². The van der Waals surface area contributed by atoms with E-state index in [4.69, 9.17) is 0 Å². The van der Waals surface area contributed by atoms with Crippen LogP contribution < -0.4 is 5.32 Å². The number of thioether (sulfide) groups is 1. The van der Waals surface area contributed by atoms with Gasteiger partial charge in [-0.25, -0.2) is 0 Å². The molecule has 1 amide bonds. The number of carbonyl (C=O) groups is 1. The number of hydrogen-bond acceptors (Lipinski definition) is 5. The van der Waals surface area contributed by atoms with Gasteiger partial charge in [0.05, 0.1) is 18.8 Å². The highest BCUT2D eigenvalue weighted by Crippen LogP contribution is 2.21. The molecule has 2 aromatic rings. The summed E-state index contributed by atoms with van der Waals surface area (Å²) < 4.78 is 38.7. The first-order valence-electron chi connectivity index (χ1n) is 9.55. The molecule has 0 atom stereocenters. The third-order valence-corrected chi connectivity index (χ3v) is 5.58. The first-order valence-corrected chi connectivity index (χ1v) is 10.5. The number of amides is 1. The highest BCUT2D eigenvalue weighted by Gasteiger charge is 2.27. The molecule has 10 heteroatoms. The zero-order valence-electron chi connectivity index (χ0n) is 16.0. The van der Waals surface area contributed by atoms with E-state index >= 15 is 0 Å². The predicted octanol–water partition coefficient (Wildman–Crippen LogP) is 3.08. The molecule has 0 unspecified atom stereocenters. The van der Waals surface area contributed by atoms with E-state index in [9.17, 15) is 18.0 Å². The lowest BCUT2D eigenvalue weighted by atomic mass is 10.1. The summed E-state index contributed by atoms with van der Waals surface area (Å²) in [5.74, 6) is -0.0275. The van der Waals surface area contributed by atoms with Crippen LogP contribution in [-0.4, -0.2) is 57.1 Å². The Bertz CT molecular complexity index is 791. The van der Waals surface area contributed by atoms with Crippen molar-refractivity contribution in [3.63, 3.8) is 0 Å². The molecule has 1 aromatic carbocycles. The lowest BCUT2D eigenvalue weighted by Crippen LogP contribution is -2.34. The number of piperidine rings is 1. The summed E-state index contributed by atoms with van der Waals surface area (Å²) in [5.41, 5.74) is 1.07. The van der Waals surface area contributed by atoms with E-state index in [1.165, 1.54) is 6.42 Å². The molecule has 0 aliphatic carbocycles. The topological polar surface area (TPSA) is 63.1 Å². The van der Waals surface area contributed by atoms with Crippen molar-refractivity contribution in [2.75, 3.05) is 25.4 Å². The summed E-state index contributed by atoms with van der Waals surface area (Å²) in [5, 5.41) is 10.9. The molecule has 158 valence electrons. The van der Waals surface area contributed by atoms with Gasteiger partial charge in [0, 0.05) is 0 Å². The zero-order chi connectivity index (χ0) is 20.7. The second-order valence-corrected chi connectivity index (χ2v) is 7.93. The Labute approximate surface area is 171 Å². The first-order chi connectivity index (χ1) is 13.9. The van der Waals surface area contributed by atoms with Crippen LogP contribution >= 0.6 is 11.8 Å². The number of carbonyl (C=O) groups excluding carboxylic acids is 1. The number of aromatic nitrogens is 3. The predicted molar refractivity (Wildman–Crippen MR) is 104 cm³/mol. The summed E-state index contributed by atoms with van der Waals surface area (Å²) in [6, 6.07) is 9.82. The van der Waals surface area contributed by atoms with Crippen LogP contribution in [-0.2, 0) is 17.9 Å². The van der Waals surface area contributed by atoms with E-state index in [2.05, 4.69) is 15.1 Å². The van der Waals surface area contributed by atoms with Crippen molar-refractivity contribution in [3.8, 4) is 0 Å². The molecule has 1 N–H and O–H groups in total. The van der Waals surface area contributed by atoms with Crippen molar-refractivity contribution in [1.82, 2.24) is 25.0 Å². The first kappa shape index (κ1) is 21.6. The minimum Gasteiger partial charge on any atom is -0.346 e. The molecule has 0 bridgehead atoms. The van der Waals surface area contributed by atoms with Gasteiger partial charge in [0.15, 0.2) is 5.16 Å². The van der Waals surface area contributed by atoms with Crippen molar-refractivity contribution in [1.29, 1.82) is 0 Å². The van der Waals surface area contributed by atoms with Gasteiger partial charge in [-0.3, -0.25) is 9.69 Å².